The Labute approximate surface area is 134 Å². The van der Waals surface area contributed by atoms with E-state index >= 15 is 0 Å². The summed E-state index contributed by atoms with van der Waals surface area (Å²) < 4.78 is 5.42. The summed E-state index contributed by atoms with van der Waals surface area (Å²) >= 11 is 2.06. The Balaban J connectivity index is 2.24. The second-order valence-electron chi connectivity index (χ2n) is 6.69. The molecule has 1 heterocycles. The van der Waals surface area contributed by atoms with Crippen LogP contribution in [0.1, 0.15) is 53.9 Å². The zero-order valence-corrected chi connectivity index (χ0v) is 15.1. The van der Waals surface area contributed by atoms with Crippen molar-refractivity contribution in [1.82, 2.24) is 10.2 Å². The van der Waals surface area contributed by atoms with Crippen LogP contribution in [0.15, 0.2) is 0 Å². The van der Waals surface area contributed by atoms with Crippen LogP contribution in [0.3, 0.4) is 0 Å². The minimum absolute atomic E-state index is 0.202. The minimum Gasteiger partial charge on any atom is -0.444 e. The number of carbonyl (C=O) groups excluding carboxylic acids is 1. The Hall–Kier alpha value is -0.420. The van der Waals surface area contributed by atoms with Crippen molar-refractivity contribution in [3.05, 3.63) is 0 Å². The SMILES string of the molecule is CCN(CCCNC1CCCSC1C)C(=O)OC(C)(C)C. The Morgan fingerprint density at radius 2 is 2.14 bits per heavy atom. The van der Waals surface area contributed by atoms with E-state index in [1.54, 1.807) is 4.90 Å². The summed E-state index contributed by atoms with van der Waals surface area (Å²) in [6.07, 6.45) is 3.36. The molecule has 1 rings (SSSR count). The van der Waals surface area contributed by atoms with Crippen molar-refractivity contribution < 1.29 is 9.53 Å². The number of rotatable bonds is 6. The molecule has 0 aliphatic carbocycles. The highest BCUT2D eigenvalue weighted by molar-refractivity contribution is 7.99. The average Bonchev–Trinajstić information content (AvgIpc) is 2.38. The Bertz CT molecular complexity index is 318. The molecule has 0 aromatic carbocycles. The maximum atomic E-state index is 12.0. The van der Waals surface area contributed by atoms with Gasteiger partial charge in [-0.15, -0.1) is 0 Å². The molecule has 1 saturated heterocycles. The number of amides is 1. The second kappa shape index (κ2) is 8.89. The highest BCUT2D eigenvalue weighted by Gasteiger charge is 2.22. The van der Waals surface area contributed by atoms with Crippen molar-refractivity contribution in [2.45, 2.75) is 70.8 Å². The number of hydrogen-bond donors (Lipinski definition) is 1. The fraction of sp³-hybridized carbons (Fsp3) is 0.938. The van der Waals surface area contributed by atoms with Gasteiger partial charge in [-0.3, -0.25) is 0 Å². The number of hydrogen-bond acceptors (Lipinski definition) is 4. The van der Waals surface area contributed by atoms with Crippen LogP contribution in [0.5, 0.6) is 0 Å². The van der Waals surface area contributed by atoms with Gasteiger partial charge >= 0.3 is 6.09 Å². The van der Waals surface area contributed by atoms with Gasteiger partial charge in [0.05, 0.1) is 0 Å². The van der Waals surface area contributed by atoms with E-state index in [-0.39, 0.29) is 6.09 Å². The zero-order chi connectivity index (χ0) is 15.9. The highest BCUT2D eigenvalue weighted by Crippen LogP contribution is 2.24. The molecule has 0 aromatic rings. The van der Waals surface area contributed by atoms with Gasteiger partial charge in [0.1, 0.15) is 5.60 Å². The van der Waals surface area contributed by atoms with E-state index in [4.69, 9.17) is 4.74 Å². The molecule has 0 radical (unpaired) electrons. The second-order valence-corrected chi connectivity index (χ2v) is 8.18. The molecule has 5 heteroatoms. The normalized spacial score (nSPS) is 22.9. The number of thioether (sulfide) groups is 1. The van der Waals surface area contributed by atoms with Crippen molar-refractivity contribution in [3.63, 3.8) is 0 Å². The van der Waals surface area contributed by atoms with Crippen LogP contribution in [-0.4, -0.2) is 53.3 Å². The van der Waals surface area contributed by atoms with Crippen molar-refractivity contribution in [1.29, 1.82) is 0 Å². The number of ether oxygens (including phenoxy) is 1. The number of carbonyl (C=O) groups is 1. The summed E-state index contributed by atoms with van der Waals surface area (Å²) in [6.45, 7) is 12.4. The lowest BCUT2D eigenvalue weighted by Gasteiger charge is -2.30. The van der Waals surface area contributed by atoms with Gasteiger partial charge in [0.2, 0.25) is 0 Å². The molecule has 1 N–H and O–H groups in total. The molecule has 0 aromatic heterocycles. The first-order valence-corrected chi connectivity index (χ1v) is 9.21. The van der Waals surface area contributed by atoms with Gasteiger partial charge in [-0.1, -0.05) is 6.92 Å². The first-order chi connectivity index (χ1) is 9.83. The van der Waals surface area contributed by atoms with E-state index in [1.165, 1.54) is 18.6 Å². The molecule has 0 spiro atoms. The molecule has 2 atom stereocenters. The lowest BCUT2D eigenvalue weighted by molar-refractivity contribution is 0.0258. The lowest BCUT2D eigenvalue weighted by atomic mass is 10.1. The van der Waals surface area contributed by atoms with Crippen LogP contribution < -0.4 is 5.32 Å². The first-order valence-electron chi connectivity index (χ1n) is 8.16. The van der Waals surface area contributed by atoms with Crippen molar-refractivity contribution >= 4 is 17.9 Å². The van der Waals surface area contributed by atoms with Crippen LogP contribution >= 0.6 is 11.8 Å². The van der Waals surface area contributed by atoms with E-state index in [2.05, 4.69) is 24.0 Å². The van der Waals surface area contributed by atoms with E-state index < -0.39 is 5.60 Å². The summed E-state index contributed by atoms with van der Waals surface area (Å²) in [5.41, 5.74) is -0.419. The average molecular weight is 317 g/mol. The van der Waals surface area contributed by atoms with Crippen molar-refractivity contribution in [3.8, 4) is 0 Å². The summed E-state index contributed by atoms with van der Waals surface area (Å²) in [7, 11) is 0. The molecule has 21 heavy (non-hydrogen) atoms. The van der Waals surface area contributed by atoms with E-state index in [0.29, 0.717) is 17.8 Å². The standard InChI is InChI=1S/C16H32N2O2S/c1-6-18(15(19)20-16(3,4)5)11-8-10-17-14-9-7-12-21-13(14)2/h13-14,17H,6-12H2,1-5H3. The third kappa shape index (κ3) is 7.41. The molecular formula is C16H32N2O2S. The maximum absolute atomic E-state index is 12.0. The van der Waals surface area contributed by atoms with Crippen LogP contribution in [0, 0.1) is 0 Å². The van der Waals surface area contributed by atoms with Crippen molar-refractivity contribution in [2.75, 3.05) is 25.4 Å². The molecule has 4 nitrogen and oxygen atoms in total. The third-order valence-corrected chi connectivity index (χ3v) is 5.03. The van der Waals surface area contributed by atoms with Crippen LogP contribution in [0.2, 0.25) is 0 Å². The van der Waals surface area contributed by atoms with Gasteiger partial charge < -0.3 is 15.0 Å². The Morgan fingerprint density at radius 3 is 2.71 bits per heavy atom. The summed E-state index contributed by atoms with van der Waals surface area (Å²) in [5.74, 6) is 1.29. The molecular weight excluding hydrogens is 284 g/mol. The summed E-state index contributed by atoms with van der Waals surface area (Å²) in [4.78, 5) is 13.8. The lowest BCUT2D eigenvalue weighted by Crippen LogP contribution is -2.41. The van der Waals surface area contributed by atoms with Gasteiger partial charge in [0.15, 0.2) is 0 Å². The third-order valence-electron chi connectivity index (χ3n) is 3.65. The van der Waals surface area contributed by atoms with Gasteiger partial charge in [0, 0.05) is 24.4 Å². The molecule has 0 bridgehead atoms. The molecule has 1 amide bonds. The zero-order valence-electron chi connectivity index (χ0n) is 14.3. The molecule has 0 saturated carbocycles. The number of nitrogens with zero attached hydrogens (tertiary/aromatic N) is 1. The number of nitrogens with one attached hydrogen (secondary N) is 1. The minimum atomic E-state index is -0.419. The van der Waals surface area contributed by atoms with E-state index in [1.807, 2.05) is 27.7 Å². The summed E-state index contributed by atoms with van der Waals surface area (Å²) in [6, 6.07) is 0.625. The highest BCUT2D eigenvalue weighted by atomic mass is 32.2. The van der Waals surface area contributed by atoms with Crippen LogP contribution in [-0.2, 0) is 4.74 Å². The largest absolute Gasteiger partial charge is 0.444 e. The Morgan fingerprint density at radius 1 is 1.43 bits per heavy atom. The topological polar surface area (TPSA) is 41.6 Å². The van der Waals surface area contributed by atoms with Crippen molar-refractivity contribution in [2.24, 2.45) is 0 Å². The van der Waals surface area contributed by atoms with Crippen LogP contribution in [0.4, 0.5) is 4.79 Å². The maximum Gasteiger partial charge on any atom is 0.410 e. The van der Waals surface area contributed by atoms with Gasteiger partial charge in [0.25, 0.3) is 0 Å². The predicted octanol–water partition coefficient (Wildman–Crippen LogP) is 3.51. The molecule has 124 valence electrons. The molecule has 1 aliphatic heterocycles. The molecule has 1 fully saturated rings. The smallest absolute Gasteiger partial charge is 0.410 e. The van der Waals surface area contributed by atoms with Gasteiger partial charge in [-0.25, -0.2) is 4.79 Å². The van der Waals surface area contributed by atoms with E-state index in [0.717, 1.165) is 19.5 Å². The summed E-state index contributed by atoms with van der Waals surface area (Å²) in [5, 5.41) is 4.34. The van der Waals surface area contributed by atoms with E-state index in [9.17, 15) is 4.79 Å². The fourth-order valence-corrected chi connectivity index (χ4v) is 3.62. The van der Waals surface area contributed by atoms with Gasteiger partial charge in [-0.05, 0) is 59.3 Å². The fourth-order valence-electron chi connectivity index (χ4n) is 2.45. The Kier molecular flexibility index (Phi) is 7.88. The molecule has 1 aliphatic rings. The predicted molar refractivity (Wildman–Crippen MR) is 91.0 cm³/mol. The van der Waals surface area contributed by atoms with Gasteiger partial charge in [-0.2, -0.15) is 11.8 Å². The molecule has 2 unspecified atom stereocenters. The monoisotopic (exact) mass is 316 g/mol. The first kappa shape index (κ1) is 18.6. The van der Waals surface area contributed by atoms with Crippen LogP contribution in [0.25, 0.3) is 0 Å². The quantitative estimate of drug-likeness (QED) is 0.762.